The molecule has 1 saturated heterocycles. The molecule has 1 fully saturated rings. The monoisotopic (exact) mass is 285 g/mol. The van der Waals surface area contributed by atoms with Crippen molar-refractivity contribution in [2.24, 2.45) is 12.8 Å². The minimum Gasteiger partial charge on any atom is -0.326 e. The Labute approximate surface area is 115 Å². The molecule has 0 radical (unpaired) electrons. The molecule has 0 spiro atoms. The first-order valence-electron chi connectivity index (χ1n) is 6.93. The fourth-order valence-electron chi connectivity index (χ4n) is 2.77. The first kappa shape index (κ1) is 14.5. The van der Waals surface area contributed by atoms with Crippen LogP contribution in [0.2, 0.25) is 0 Å². The normalized spacial score (nSPS) is 24.3. The number of hydrogen-bond acceptors (Lipinski definition) is 4. The molecule has 1 aliphatic heterocycles. The molecule has 108 valence electrons. The lowest BCUT2D eigenvalue weighted by atomic mass is 10.0. The van der Waals surface area contributed by atoms with Crippen molar-refractivity contribution < 1.29 is 8.42 Å². The van der Waals surface area contributed by atoms with Crippen molar-refractivity contribution in [2.45, 2.75) is 50.3 Å². The number of nitrogens with zero attached hydrogens (tertiary/aromatic N) is 2. The van der Waals surface area contributed by atoms with Gasteiger partial charge in [-0.05, 0) is 25.3 Å². The Kier molecular flexibility index (Phi) is 4.30. The van der Waals surface area contributed by atoms with E-state index in [9.17, 15) is 8.42 Å². The lowest BCUT2D eigenvalue weighted by molar-refractivity contribution is 0.488. The Bertz CT molecular complexity index is 536. The third-order valence-electron chi connectivity index (χ3n) is 3.94. The van der Waals surface area contributed by atoms with E-state index in [2.05, 4.69) is 12.0 Å². The molecule has 6 heteroatoms. The van der Waals surface area contributed by atoms with Crippen molar-refractivity contribution in [3.63, 3.8) is 0 Å². The molecule has 0 aromatic carbocycles. The van der Waals surface area contributed by atoms with E-state index >= 15 is 0 Å². The summed E-state index contributed by atoms with van der Waals surface area (Å²) < 4.78 is 25.9. The molecule has 2 heterocycles. The van der Waals surface area contributed by atoms with Gasteiger partial charge in [-0.25, -0.2) is 8.42 Å². The molecule has 0 saturated carbocycles. The summed E-state index contributed by atoms with van der Waals surface area (Å²) in [4.78, 5) is 0. The third kappa shape index (κ3) is 3.17. The van der Waals surface area contributed by atoms with Crippen LogP contribution in [0.15, 0.2) is 6.07 Å². The Morgan fingerprint density at radius 2 is 2.26 bits per heavy atom. The molecular formula is C13H23N3O2S. The minimum absolute atomic E-state index is 0.289. The molecule has 2 unspecified atom stereocenters. The van der Waals surface area contributed by atoms with Crippen molar-refractivity contribution >= 4 is 9.84 Å². The third-order valence-corrected chi connectivity index (χ3v) is 6.31. The second kappa shape index (κ2) is 5.63. The van der Waals surface area contributed by atoms with Gasteiger partial charge in [-0.1, -0.05) is 13.3 Å². The van der Waals surface area contributed by atoms with Gasteiger partial charge in [0.15, 0.2) is 9.84 Å². The summed E-state index contributed by atoms with van der Waals surface area (Å²) in [5.41, 5.74) is 8.20. The van der Waals surface area contributed by atoms with E-state index in [0.717, 1.165) is 30.7 Å². The van der Waals surface area contributed by atoms with Crippen LogP contribution < -0.4 is 5.73 Å². The summed E-state index contributed by atoms with van der Waals surface area (Å²) in [6, 6.07) is 1.69. The number of aromatic nitrogens is 2. The van der Waals surface area contributed by atoms with E-state index in [-0.39, 0.29) is 17.0 Å². The molecule has 2 rings (SSSR count). The second-order valence-electron chi connectivity index (χ2n) is 5.37. The molecule has 0 bridgehead atoms. The molecule has 0 amide bonds. The zero-order chi connectivity index (χ0) is 14.0. The summed E-state index contributed by atoms with van der Waals surface area (Å²) in [6.07, 6.45) is 3.89. The van der Waals surface area contributed by atoms with Crippen LogP contribution in [0.4, 0.5) is 0 Å². The quantitative estimate of drug-likeness (QED) is 0.888. The van der Waals surface area contributed by atoms with Gasteiger partial charge in [0.2, 0.25) is 0 Å². The molecule has 1 aromatic heterocycles. The Morgan fingerprint density at radius 3 is 2.84 bits per heavy atom. The maximum Gasteiger partial charge on any atom is 0.154 e. The smallest absolute Gasteiger partial charge is 0.154 e. The van der Waals surface area contributed by atoms with E-state index in [4.69, 9.17) is 5.73 Å². The molecule has 2 N–H and O–H groups in total. The van der Waals surface area contributed by atoms with Gasteiger partial charge >= 0.3 is 0 Å². The molecule has 19 heavy (non-hydrogen) atoms. The summed E-state index contributed by atoms with van der Waals surface area (Å²) in [6.45, 7) is 2.05. The predicted octanol–water partition coefficient (Wildman–Crippen LogP) is 0.820. The van der Waals surface area contributed by atoms with Crippen LogP contribution in [0, 0.1) is 0 Å². The Hall–Kier alpha value is -0.880. The van der Waals surface area contributed by atoms with Crippen molar-refractivity contribution in [3.05, 3.63) is 17.5 Å². The van der Waals surface area contributed by atoms with Gasteiger partial charge in [0, 0.05) is 25.2 Å². The highest BCUT2D eigenvalue weighted by molar-refractivity contribution is 7.92. The first-order chi connectivity index (χ1) is 8.94. The zero-order valence-electron chi connectivity index (χ0n) is 11.7. The average Bonchev–Trinajstić information content (AvgIpc) is 2.69. The van der Waals surface area contributed by atoms with Gasteiger partial charge in [0.1, 0.15) is 0 Å². The second-order valence-corrected chi connectivity index (χ2v) is 7.71. The van der Waals surface area contributed by atoms with E-state index in [1.807, 2.05) is 17.8 Å². The van der Waals surface area contributed by atoms with Gasteiger partial charge in [0.05, 0.1) is 16.7 Å². The van der Waals surface area contributed by atoms with Gasteiger partial charge < -0.3 is 5.73 Å². The van der Waals surface area contributed by atoms with Crippen LogP contribution in [0.3, 0.4) is 0 Å². The Balaban J connectivity index is 2.11. The van der Waals surface area contributed by atoms with Gasteiger partial charge in [-0.3, -0.25) is 4.68 Å². The lowest BCUT2D eigenvalue weighted by Gasteiger charge is -2.27. The van der Waals surface area contributed by atoms with Crippen molar-refractivity contribution in [3.8, 4) is 0 Å². The van der Waals surface area contributed by atoms with E-state index in [1.165, 1.54) is 0 Å². The Morgan fingerprint density at radius 1 is 1.53 bits per heavy atom. The molecule has 0 aliphatic carbocycles. The van der Waals surface area contributed by atoms with Crippen molar-refractivity contribution in [1.82, 2.24) is 9.78 Å². The lowest BCUT2D eigenvalue weighted by Crippen LogP contribution is -2.45. The summed E-state index contributed by atoms with van der Waals surface area (Å²) in [7, 11) is -1.12. The average molecular weight is 285 g/mol. The van der Waals surface area contributed by atoms with Crippen molar-refractivity contribution in [2.75, 3.05) is 5.75 Å². The topological polar surface area (TPSA) is 78.0 Å². The minimum atomic E-state index is -3.01. The predicted molar refractivity (Wildman–Crippen MR) is 75.7 cm³/mol. The highest BCUT2D eigenvalue weighted by Crippen LogP contribution is 2.23. The molecule has 1 aliphatic rings. The summed E-state index contributed by atoms with van der Waals surface area (Å²) in [5, 5.41) is 3.99. The van der Waals surface area contributed by atoms with Crippen LogP contribution in [-0.4, -0.2) is 35.2 Å². The van der Waals surface area contributed by atoms with Crippen LogP contribution in [-0.2, 0) is 29.7 Å². The largest absolute Gasteiger partial charge is 0.326 e. The van der Waals surface area contributed by atoms with Crippen LogP contribution in [0.1, 0.15) is 37.6 Å². The van der Waals surface area contributed by atoms with Gasteiger partial charge in [-0.2, -0.15) is 5.10 Å². The summed E-state index contributed by atoms with van der Waals surface area (Å²) >= 11 is 0. The van der Waals surface area contributed by atoms with Crippen LogP contribution in [0.5, 0.6) is 0 Å². The number of nitrogens with two attached hydrogens (primary N) is 1. The highest BCUT2D eigenvalue weighted by Gasteiger charge is 2.34. The van der Waals surface area contributed by atoms with Gasteiger partial charge in [0.25, 0.3) is 0 Å². The van der Waals surface area contributed by atoms with Gasteiger partial charge in [-0.15, -0.1) is 0 Å². The van der Waals surface area contributed by atoms with Crippen LogP contribution >= 0.6 is 0 Å². The maximum atomic E-state index is 12.1. The molecule has 5 nitrogen and oxygen atoms in total. The molecule has 2 atom stereocenters. The van der Waals surface area contributed by atoms with Crippen LogP contribution in [0.25, 0.3) is 0 Å². The van der Waals surface area contributed by atoms with Crippen molar-refractivity contribution in [1.29, 1.82) is 0 Å². The SMILES string of the molecule is CCc1cc(CC(N)C2CCCCS2(=O)=O)n(C)n1. The molecule has 1 aromatic rings. The fourth-order valence-corrected chi connectivity index (χ4v) is 4.83. The number of hydrogen-bond donors (Lipinski definition) is 1. The number of aryl methyl sites for hydroxylation is 2. The van der Waals surface area contributed by atoms with E-state index < -0.39 is 9.84 Å². The number of rotatable bonds is 4. The maximum absolute atomic E-state index is 12.1. The summed E-state index contributed by atoms with van der Waals surface area (Å²) in [5.74, 6) is 0.289. The first-order valence-corrected chi connectivity index (χ1v) is 8.64. The van der Waals surface area contributed by atoms with E-state index in [0.29, 0.717) is 12.8 Å². The fraction of sp³-hybridized carbons (Fsp3) is 0.769. The van der Waals surface area contributed by atoms with E-state index in [1.54, 1.807) is 0 Å². The standard InChI is InChI=1S/C13H23N3O2S/c1-3-10-8-11(16(2)15-10)9-12(14)13-6-4-5-7-19(13,17)18/h8,12-13H,3-7,9,14H2,1-2H3. The molecular weight excluding hydrogens is 262 g/mol. The number of sulfone groups is 1. The zero-order valence-corrected chi connectivity index (χ0v) is 12.5. The highest BCUT2D eigenvalue weighted by atomic mass is 32.2.